The van der Waals surface area contributed by atoms with E-state index in [9.17, 15) is 9.59 Å². The molecular formula is C20H19Cl2N5O3S. The highest BCUT2D eigenvalue weighted by Gasteiger charge is 2.19. The van der Waals surface area contributed by atoms with E-state index in [0.717, 1.165) is 0 Å². The zero-order valence-electron chi connectivity index (χ0n) is 16.6. The predicted molar refractivity (Wildman–Crippen MR) is 121 cm³/mol. The first-order valence-electron chi connectivity index (χ1n) is 9.08. The van der Waals surface area contributed by atoms with Crippen LogP contribution in [0.15, 0.2) is 47.6 Å². The Balaban J connectivity index is 1.63. The average Bonchev–Trinajstić information content (AvgIpc) is 3.10. The second-order valence-corrected chi connectivity index (χ2v) is 8.27. The second-order valence-electron chi connectivity index (χ2n) is 6.48. The number of amides is 2. The smallest absolute Gasteiger partial charge is 0.250 e. The van der Waals surface area contributed by atoms with Crippen molar-refractivity contribution in [3.63, 3.8) is 0 Å². The number of carbonyl (C=O) groups is 2. The molecule has 0 bridgehead atoms. The minimum atomic E-state index is -0.615. The number of benzene rings is 2. The van der Waals surface area contributed by atoms with E-state index in [1.165, 1.54) is 11.8 Å². The monoisotopic (exact) mass is 479 g/mol. The fourth-order valence-electron chi connectivity index (χ4n) is 2.74. The van der Waals surface area contributed by atoms with Gasteiger partial charge in [0.15, 0.2) is 17.1 Å². The molecule has 1 atom stereocenters. The molecule has 3 N–H and O–H groups in total. The SMILES string of the molecule is CC(Oc1cc(Cl)ccc1Cl)c1nnc(SCC(=O)Nc2ccccc2C(N)=O)n1C. The van der Waals surface area contributed by atoms with Crippen LogP contribution in [0.1, 0.15) is 29.2 Å². The largest absolute Gasteiger partial charge is 0.481 e. The number of thioether (sulfide) groups is 1. The van der Waals surface area contributed by atoms with Crippen molar-refractivity contribution in [1.82, 2.24) is 14.8 Å². The highest BCUT2D eigenvalue weighted by molar-refractivity contribution is 7.99. The second kappa shape index (κ2) is 10.0. The fourth-order valence-corrected chi connectivity index (χ4v) is 3.78. The van der Waals surface area contributed by atoms with Gasteiger partial charge in [0, 0.05) is 18.1 Å². The summed E-state index contributed by atoms with van der Waals surface area (Å²) in [5, 5.41) is 12.4. The first-order chi connectivity index (χ1) is 14.8. The summed E-state index contributed by atoms with van der Waals surface area (Å²) in [5.41, 5.74) is 5.94. The van der Waals surface area contributed by atoms with Crippen LogP contribution in [0.25, 0.3) is 0 Å². The standard InChI is InChI=1S/C20H19Cl2N5O3S/c1-11(30-16-9-12(21)7-8-14(16)22)19-25-26-20(27(19)2)31-10-17(28)24-15-6-4-3-5-13(15)18(23)29/h3-9,11H,10H2,1-2H3,(H2,23,29)(H,24,28). The number of aromatic nitrogens is 3. The van der Waals surface area contributed by atoms with Crippen molar-refractivity contribution in [2.75, 3.05) is 11.1 Å². The van der Waals surface area contributed by atoms with E-state index < -0.39 is 12.0 Å². The van der Waals surface area contributed by atoms with Crippen LogP contribution in [0.3, 0.4) is 0 Å². The molecule has 3 aromatic rings. The summed E-state index contributed by atoms with van der Waals surface area (Å²) in [6, 6.07) is 11.5. The quantitative estimate of drug-likeness (QED) is 0.470. The van der Waals surface area contributed by atoms with Crippen LogP contribution in [0.2, 0.25) is 10.0 Å². The molecule has 0 aliphatic carbocycles. The number of nitrogens with one attached hydrogen (secondary N) is 1. The maximum absolute atomic E-state index is 12.3. The maximum atomic E-state index is 12.3. The highest BCUT2D eigenvalue weighted by atomic mass is 35.5. The van der Waals surface area contributed by atoms with Crippen LogP contribution in [0.4, 0.5) is 5.69 Å². The number of para-hydroxylation sites is 1. The molecule has 0 aliphatic heterocycles. The van der Waals surface area contributed by atoms with Crippen LogP contribution in [-0.2, 0) is 11.8 Å². The number of nitrogens with two attached hydrogens (primary N) is 1. The van der Waals surface area contributed by atoms with Crippen molar-refractivity contribution < 1.29 is 14.3 Å². The summed E-state index contributed by atoms with van der Waals surface area (Å²) in [4.78, 5) is 23.8. The van der Waals surface area contributed by atoms with Crippen molar-refractivity contribution in [3.05, 3.63) is 63.9 Å². The van der Waals surface area contributed by atoms with E-state index >= 15 is 0 Å². The third-order valence-corrected chi connectivity index (χ3v) is 5.80. The van der Waals surface area contributed by atoms with Crippen molar-refractivity contribution in [1.29, 1.82) is 0 Å². The summed E-state index contributed by atoms with van der Waals surface area (Å²) >= 11 is 13.3. The molecule has 162 valence electrons. The number of hydrogen-bond acceptors (Lipinski definition) is 6. The maximum Gasteiger partial charge on any atom is 0.250 e. The third kappa shape index (κ3) is 5.69. The van der Waals surface area contributed by atoms with E-state index in [4.69, 9.17) is 33.7 Å². The summed E-state index contributed by atoms with van der Waals surface area (Å²) in [5.74, 6) is 0.131. The van der Waals surface area contributed by atoms with Crippen LogP contribution in [-0.4, -0.2) is 32.3 Å². The normalized spacial score (nSPS) is 11.7. The van der Waals surface area contributed by atoms with Gasteiger partial charge >= 0.3 is 0 Å². The van der Waals surface area contributed by atoms with E-state index in [-0.39, 0.29) is 17.2 Å². The molecule has 31 heavy (non-hydrogen) atoms. The van der Waals surface area contributed by atoms with Crippen molar-refractivity contribution in [3.8, 4) is 5.75 Å². The van der Waals surface area contributed by atoms with Gasteiger partial charge in [0.05, 0.1) is 22.0 Å². The molecule has 8 nitrogen and oxygen atoms in total. The van der Waals surface area contributed by atoms with Crippen molar-refractivity contribution >= 4 is 52.5 Å². The van der Waals surface area contributed by atoms with Gasteiger partial charge in [-0.25, -0.2) is 0 Å². The first kappa shape index (κ1) is 22.9. The Labute approximate surface area is 193 Å². The molecule has 0 saturated carbocycles. The Bertz CT molecular complexity index is 1120. The van der Waals surface area contributed by atoms with Gasteiger partial charge in [-0.1, -0.05) is 47.1 Å². The van der Waals surface area contributed by atoms with Gasteiger partial charge in [-0.2, -0.15) is 0 Å². The average molecular weight is 480 g/mol. The molecule has 2 aromatic carbocycles. The molecule has 1 heterocycles. The number of ether oxygens (including phenoxy) is 1. The summed E-state index contributed by atoms with van der Waals surface area (Å²) in [6.45, 7) is 1.81. The van der Waals surface area contributed by atoms with Gasteiger partial charge in [0.1, 0.15) is 5.75 Å². The van der Waals surface area contributed by atoms with E-state index in [1.807, 2.05) is 6.92 Å². The fraction of sp³-hybridized carbons (Fsp3) is 0.200. The molecule has 2 amide bonds. The van der Waals surface area contributed by atoms with Crippen molar-refractivity contribution in [2.24, 2.45) is 12.8 Å². The third-order valence-electron chi connectivity index (χ3n) is 4.23. The molecule has 0 radical (unpaired) electrons. The lowest BCUT2D eigenvalue weighted by Crippen LogP contribution is -2.19. The molecule has 0 spiro atoms. The Morgan fingerprint density at radius 2 is 1.97 bits per heavy atom. The minimum Gasteiger partial charge on any atom is -0.481 e. The number of rotatable bonds is 8. The lowest BCUT2D eigenvalue weighted by Gasteiger charge is -2.15. The highest BCUT2D eigenvalue weighted by Crippen LogP contribution is 2.31. The van der Waals surface area contributed by atoms with Gasteiger partial charge in [0.2, 0.25) is 5.91 Å². The molecule has 1 aromatic heterocycles. The van der Waals surface area contributed by atoms with Gasteiger partial charge < -0.3 is 20.4 Å². The van der Waals surface area contributed by atoms with Crippen LogP contribution >= 0.6 is 35.0 Å². The molecule has 1 unspecified atom stereocenters. The van der Waals surface area contributed by atoms with Crippen molar-refractivity contribution in [2.45, 2.75) is 18.2 Å². The number of primary amides is 1. The summed E-state index contributed by atoms with van der Waals surface area (Å²) < 4.78 is 7.61. The van der Waals surface area contributed by atoms with Gasteiger partial charge in [-0.05, 0) is 31.2 Å². The van der Waals surface area contributed by atoms with Gasteiger partial charge in [0.25, 0.3) is 5.91 Å². The molecular weight excluding hydrogens is 461 g/mol. The lowest BCUT2D eigenvalue weighted by atomic mass is 10.1. The summed E-state index contributed by atoms with van der Waals surface area (Å²) in [7, 11) is 1.78. The number of nitrogens with zero attached hydrogens (tertiary/aromatic N) is 3. The van der Waals surface area contributed by atoms with E-state index in [2.05, 4.69) is 15.5 Å². The van der Waals surface area contributed by atoms with Crippen LogP contribution < -0.4 is 15.8 Å². The zero-order valence-corrected chi connectivity index (χ0v) is 19.0. The molecule has 0 fully saturated rings. The lowest BCUT2D eigenvalue weighted by molar-refractivity contribution is -0.113. The predicted octanol–water partition coefficient (Wildman–Crippen LogP) is 4.09. The van der Waals surface area contributed by atoms with Crippen LogP contribution in [0, 0.1) is 0 Å². The Morgan fingerprint density at radius 1 is 1.23 bits per heavy atom. The van der Waals surface area contributed by atoms with Crippen LogP contribution in [0.5, 0.6) is 5.75 Å². The summed E-state index contributed by atoms with van der Waals surface area (Å²) in [6.07, 6.45) is -0.459. The van der Waals surface area contributed by atoms with Gasteiger partial charge in [-0.3, -0.25) is 9.59 Å². The molecule has 3 rings (SSSR count). The number of hydrogen-bond donors (Lipinski definition) is 2. The number of anilines is 1. The Kier molecular flexibility index (Phi) is 7.42. The van der Waals surface area contributed by atoms with Gasteiger partial charge in [-0.15, -0.1) is 10.2 Å². The topological polar surface area (TPSA) is 112 Å². The number of carbonyl (C=O) groups excluding carboxylic acids is 2. The molecule has 0 aliphatic rings. The van der Waals surface area contributed by atoms with E-state index in [0.29, 0.717) is 32.5 Å². The van der Waals surface area contributed by atoms with E-state index in [1.54, 1.807) is 54.1 Å². The molecule has 11 heteroatoms. The molecule has 0 saturated heterocycles. The zero-order chi connectivity index (χ0) is 22.5. The Hall–Kier alpha value is -2.75. The number of halogens is 2. The first-order valence-corrected chi connectivity index (χ1v) is 10.8. The Morgan fingerprint density at radius 3 is 2.71 bits per heavy atom. The minimum absolute atomic E-state index is 0.0639.